The lowest BCUT2D eigenvalue weighted by Crippen LogP contribution is -2.45. The second kappa shape index (κ2) is 26.9. The zero-order valence-corrected chi connectivity index (χ0v) is 51.6. The SMILES string of the molecule is CC1(C)C(=CC=C(C=CC2=[N+](CCCS(=O)(=O)[O-])c3ccc(C(=O)NC(CS(=O)(=O)O)C(=O)O)cc3C2(C)C)c2ccc(C(=O)NCCC(=O)Nc3nnc(S(N)(=O)=O)s3)cn2)N(CCCS(=O)(=O)O)c2ccc(C(=O)NC(CS(=O)(=O)O)C(=O)O)cc21. The summed E-state index contributed by atoms with van der Waals surface area (Å²) in [6, 6.07) is 6.94. The molecule has 0 aliphatic carbocycles. The summed E-state index contributed by atoms with van der Waals surface area (Å²) >= 11 is 0.503. The topological polar surface area (TPSA) is 516 Å². The first-order chi connectivity index (χ1) is 40.5. The minimum Gasteiger partial charge on any atom is -0.748 e. The lowest BCUT2D eigenvalue weighted by molar-refractivity contribution is -0.437. The molecule has 2 aromatic heterocycles. The van der Waals surface area contributed by atoms with Gasteiger partial charge >= 0.3 is 11.9 Å². The van der Waals surface area contributed by atoms with Crippen LogP contribution >= 0.6 is 11.3 Å². The first-order valence-electron chi connectivity index (χ1n) is 25.6. The molecule has 4 heterocycles. The molecule has 88 heavy (non-hydrogen) atoms. The van der Waals surface area contributed by atoms with Crippen molar-refractivity contribution in [3.05, 3.63) is 118 Å². The fourth-order valence-electron chi connectivity index (χ4n) is 9.38. The van der Waals surface area contributed by atoms with Gasteiger partial charge in [0.1, 0.15) is 30.1 Å². The molecule has 0 saturated carbocycles. The number of benzene rings is 2. The predicted octanol–water partition coefficient (Wildman–Crippen LogP) is 0.392. The first kappa shape index (κ1) is 69.3. The van der Waals surface area contributed by atoms with Crippen molar-refractivity contribution in [3.63, 3.8) is 0 Å². The molecule has 476 valence electrons. The number of carboxylic acids is 2. The predicted molar refractivity (Wildman–Crippen MR) is 313 cm³/mol. The molecule has 0 fully saturated rings. The van der Waals surface area contributed by atoms with Crippen molar-refractivity contribution >= 4 is 125 Å². The van der Waals surface area contributed by atoms with E-state index in [0.29, 0.717) is 45.2 Å². The Morgan fingerprint density at radius 1 is 0.739 bits per heavy atom. The Balaban J connectivity index is 1.45. The summed E-state index contributed by atoms with van der Waals surface area (Å²) in [5.74, 6) is -11.2. The summed E-state index contributed by atoms with van der Waals surface area (Å²) in [4.78, 5) is 83.0. The number of hydrogen-bond donors (Lipinski definition) is 10. The number of carbonyl (C=O) groups is 6. The lowest BCUT2D eigenvalue weighted by atomic mass is 9.80. The number of carboxylic acid groups (broad SMARTS) is 2. The minimum atomic E-state index is -4.89. The molecule has 4 amide bonds. The number of primary sulfonamides is 1. The number of nitrogens with one attached hydrogen (secondary N) is 4. The summed E-state index contributed by atoms with van der Waals surface area (Å²) in [7, 11) is -23.2. The Bertz CT molecular complexity index is 4200. The van der Waals surface area contributed by atoms with Gasteiger partial charge in [0, 0.05) is 89.1 Å². The standard InChI is InChI=1S/C50H58N10O22S6/c1-49(2)32-23-29(43(63)54-35(45(65)66)26-86(75,76)77)8-13-37(32)59(19-5-21-84(69,70)71)39(49)15-10-28(34-12-7-31(25-53-34)42(62)52-18-17-41(61)56-47-57-58-48(83-47)88(51,81)82)11-16-40-50(3,4)33-24-30(44(64)55-36(46(67)68)27-87(78,79)80)9-14-38(33)60(40)20-6-22-85(72,73)74/h7-16,23-25,35-36H,5-6,17-22,26-27H2,1-4H3,(H11-,51,52,54,55,56,57,61,62,63,64,65,66,67,68,69,70,71,72,73,74,75,76,77,78,79,80,81,82). The summed E-state index contributed by atoms with van der Waals surface area (Å²) in [6.07, 6.45) is 6.85. The average Bonchev–Trinajstić information content (AvgIpc) is 1.62. The number of aromatic nitrogens is 3. The van der Waals surface area contributed by atoms with Gasteiger partial charge in [0.2, 0.25) is 21.1 Å². The number of fused-ring (bicyclic) bond motifs is 2. The maximum Gasteiger partial charge on any atom is 0.327 e. The maximum absolute atomic E-state index is 13.5. The van der Waals surface area contributed by atoms with Crippen molar-refractivity contribution in [1.82, 2.24) is 31.1 Å². The van der Waals surface area contributed by atoms with E-state index in [1.54, 1.807) is 61.5 Å². The number of hydrogen-bond acceptors (Lipinski definition) is 22. The van der Waals surface area contributed by atoms with Crippen LogP contribution in [0.2, 0.25) is 0 Å². The summed E-state index contributed by atoms with van der Waals surface area (Å²) in [6.45, 7) is 6.44. The molecule has 0 radical (unpaired) electrons. The lowest BCUT2D eigenvalue weighted by Gasteiger charge is -2.27. The quantitative estimate of drug-likeness (QED) is 0.0159. The minimum absolute atomic E-state index is 0.00796. The van der Waals surface area contributed by atoms with E-state index in [1.165, 1.54) is 54.7 Å². The molecule has 2 aliphatic rings. The van der Waals surface area contributed by atoms with Crippen LogP contribution in [0.25, 0.3) is 5.57 Å². The van der Waals surface area contributed by atoms with Crippen molar-refractivity contribution < 1.29 is 104 Å². The van der Waals surface area contributed by atoms with E-state index < -0.39 is 136 Å². The van der Waals surface area contributed by atoms with Gasteiger partial charge in [0.25, 0.3) is 58.1 Å². The highest BCUT2D eigenvalue weighted by atomic mass is 32.3. The number of pyridine rings is 1. The molecule has 6 rings (SSSR count). The largest absolute Gasteiger partial charge is 0.748 e. The van der Waals surface area contributed by atoms with E-state index in [2.05, 4.69) is 36.4 Å². The van der Waals surface area contributed by atoms with Crippen LogP contribution in [-0.4, -0.2) is 186 Å². The van der Waals surface area contributed by atoms with Gasteiger partial charge in [0.15, 0.2) is 5.71 Å². The monoisotopic (exact) mass is 1340 g/mol. The highest BCUT2D eigenvalue weighted by Gasteiger charge is 2.45. The molecule has 2 unspecified atom stereocenters. The third-order valence-electron chi connectivity index (χ3n) is 13.5. The highest BCUT2D eigenvalue weighted by molar-refractivity contribution is 7.91. The number of rotatable bonds is 28. The average molecular weight is 1340 g/mol. The van der Waals surface area contributed by atoms with Crippen LogP contribution in [0.3, 0.4) is 0 Å². The van der Waals surface area contributed by atoms with Crippen molar-refractivity contribution in [2.75, 3.05) is 52.9 Å². The number of nitrogens with zero attached hydrogens (tertiary/aromatic N) is 5. The molecule has 0 saturated heterocycles. The van der Waals surface area contributed by atoms with E-state index in [4.69, 9.17) is 5.14 Å². The third-order valence-corrected chi connectivity index (χ3v) is 18.8. The Kier molecular flexibility index (Phi) is 21.2. The van der Waals surface area contributed by atoms with Gasteiger partial charge in [-0.15, -0.1) is 10.2 Å². The molecule has 0 spiro atoms. The maximum atomic E-state index is 13.5. The Hall–Kier alpha value is -7.79. The normalized spacial score (nSPS) is 16.2. The van der Waals surface area contributed by atoms with E-state index in [0.717, 1.165) is 0 Å². The van der Waals surface area contributed by atoms with Gasteiger partial charge in [-0.3, -0.25) is 37.8 Å². The summed E-state index contributed by atoms with van der Waals surface area (Å²) < 4.78 is 159. The van der Waals surface area contributed by atoms with Crippen molar-refractivity contribution in [3.8, 4) is 0 Å². The molecule has 32 nitrogen and oxygen atoms in total. The zero-order valence-electron chi connectivity index (χ0n) is 46.7. The molecular formula is C50H58N10O22S6. The van der Waals surface area contributed by atoms with E-state index >= 15 is 0 Å². The van der Waals surface area contributed by atoms with Crippen LogP contribution < -0.4 is 31.3 Å². The number of carbonyl (C=O) groups excluding carboxylic acids is 4. The fraction of sp³-hybridized carbons (Fsp3) is 0.360. The molecular weight excluding hydrogens is 1280 g/mol. The number of anilines is 2. The molecule has 38 heteroatoms. The van der Waals surface area contributed by atoms with Crippen LogP contribution in [0, 0.1) is 0 Å². The third kappa shape index (κ3) is 18.4. The van der Waals surface area contributed by atoms with Gasteiger partial charge in [0.05, 0.1) is 32.5 Å². The van der Waals surface area contributed by atoms with Crippen LogP contribution in [-0.2, 0) is 75.7 Å². The number of allylic oxidation sites excluding steroid dienone is 6. The van der Waals surface area contributed by atoms with Crippen molar-refractivity contribution in [2.45, 2.75) is 74.2 Å². The van der Waals surface area contributed by atoms with Crippen LogP contribution in [0.4, 0.5) is 16.5 Å². The number of sulfonamides is 1. The Labute approximate surface area is 507 Å². The number of nitrogens with two attached hydrogens (primary N) is 1. The molecule has 11 N–H and O–H groups in total. The van der Waals surface area contributed by atoms with Gasteiger partial charge < -0.3 is 40.9 Å². The Morgan fingerprint density at radius 2 is 1.32 bits per heavy atom. The molecule has 4 aromatic rings. The van der Waals surface area contributed by atoms with Gasteiger partial charge in [-0.1, -0.05) is 31.3 Å². The number of amides is 4. The second-order valence-corrected chi connectivity index (χ2v) is 29.6. The van der Waals surface area contributed by atoms with Crippen LogP contribution in [0.5, 0.6) is 0 Å². The molecule has 2 atom stereocenters. The molecule has 2 aliphatic heterocycles. The van der Waals surface area contributed by atoms with Gasteiger partial charge in [-0.05, 0) is 80.4 Å². The highest BCUT2D eigenvalue weighted by Crippen LogP contribution is 2.48. The summed E-state index contributed by atoms with van der Waals surface area (Å²) in [5, 5.41) is 40.1. The van der Waals surface area contributed by atoms with Crippen molar-refractivity contribution in [2.24, 2.45) is 5.14 Å². The second-order valence-electron chi connectivity index (χ2n) is 20.8. The summed E-state index contributed by atoms with van der Waals surface area (Å²) in [5.41, 5.74) is 0.236. The van der Waals surface area contributed by atoms with E-state index in [-0.39, 0.29) is 72.0 Å². The van der Waals surface area contributed by atoms with E-state index in [9.17, 15) is 99.3 Å². The molecule has 2 aromatic carbocycles. The number of aliphatic carboxylic acids is 2. The van der Waals surface area contributed by atoms with E-state index in [1.807, 2.05) is 0 Å². The first-order valence-corrected chi connectivity index (χ1v) is 34.4. The fourth-order valence-corrected chi connectivity index (χ4v) is 13.0. The van der Waals surface area contributed by atoms with Crippen molar-refractivity contribution in [1.29, 1.82) is 0 Å². The smallest absolute Gasteiger partial charge is 0.327 e. The van der Waals surface area contributed by atoms with Gasteiger partial charge in [-0.2, -0.15) is 29.8 Å². The molecule has 0 bridgehead atoms. The van der Waals surface area contributed by atoms with Crippen LogP contribution in [0.15, 0.2) is 89.1 Å². The van der Waals surface area contributed by atoms with Gasteiger partial charge in [-0.25, -0.2) is 31.6 Å². The zero-order chi connectivity index (χ0) is 65.7. The van der Waals surface area contributed by atoms with Crippen LogP contribution in [0.1, 0.15) is 94.9 Å². The Morgan fingerprint density at radius 3 is 1.84 bits per heavy atom.